The number of nitrogens with zero attached hydrogens (tertiary/aromatic N) is 1. The lowest BCUT2D eigenvalue weighted by molar-refractivity contribution is 1.29. The fraction of sp³-hybridized carbons (Fsp3) is 0.0833. The summed E-state index contributed by atoms with van der Waals surface area (Å²) in [5.41, 5.74) is 1.11. The van der Waals surface area contributed by atoms with Gasteiger partial charge in [-0.2, -0.15) is 5.26 Å². The molecule has 0 spiro atoms. The van der Waals surface area contributed by atoms with Crippen LogP contribution in [0.4, 0.5) is 0 Å². The van der Waals surface area contributed by atoms with E-state index in [-0.39, 0.29) is 0 Å². The van der Waals surface area contributed by atoms with Gasteiger partial charge in [-0.05, 0) is 51.1 Å². The quantitative estimate of drug-likeness (QED) is 0.738. The summed E-state index contributed by atoms with van der Waals surface area (Å²) in [5.74, 6) is 0. The van der Waals surface area contributed by atoms with Crippen molar-refractivity contribution < 1.29 is 0 Å². The molecular formula is C12H8IN. The summed E-state index contributed by atoms with van der Waals surface area (Å²) in [6, 6.07) is 14.6. The van der Waals surface area contributed by atoms with E-state index in [4.69, 9.17) is 5.26 Å². The summed E-state index contributed by atoms with van der Waals surface area (Å²) in [5, 5.41) is 11.1. The van der Waals surface area contributed by atoms with Crippen LogP contribution < -0.4 is 0 Å². The fourth-order valence-corrected chi connectivity index (χ4v) is 2.08. The smallest absolute Gasteiger partial charge is 0.0669 e. The maximum atomic E-state index is 8.68. The van der Waals surface area contributed by atoms with Gasteiger partial charge in [-0.1, -0.05) is 24.3 Å². The average molecular weight is 293 g/mol. The maximum Gasteiger partial charge on any atom is 0.0669 e. The van der Waals surface area contributed by atoms with Crippen molar-refractivity contribution in [3.63, 3.8) is 0 Å². The molecular weight excluding hydrogens is 285 g/mol. The Hall–Kier alpha value is -1.08. The van der Waals surface area contributed by atoms with Gasteiger partial charge in [-0.25, -0.2) is 0 Å². The van der Waals surface area contributed by atoms with E-state index in [1.165, 1.54) is 14.3 Å². The van der Waals surface area contributed by atoms with Gasteiger partial charge in [-0.3, -0.25) is 0 Å². The van der Waals surface area contributed by atoms with Crippen LogP contribution in [-0.4, -0.2) is 0 Å². The molecule has 0 unspecified atom stereocenters. The molecule has 14 heavy (non-hydrogen) atoms. The molecule has 0 radical (unpaired) electrons. The second kappa shape index (κ2) is 3.97. The highest BCUT2D eigenvalue weighted by Gasteiger charge is 1.99. The van der Waals surface area contributed by atoms with Gasteiger partial charge in [-0.15, -0.1) is 0 Å². The summed E-state index contributed by atoms with van der Waals surface area (Å²) >= 11 is 2.30. The van der Waals surface area contributed by atoms with Crippen molar-refractivity contribution in [2.75, 3.05) is 0 Å². The van der Waals surface area contributed by atoms with Crippen molar-refractivity contribution in [2.45, 2.75) is 6.42 Å². The first kappa shape index (κ1) is 9.47. The normalized spacial score (nSPS) is 10.0. The molecule has 0 aromatic heterocycles. The topological polar surface area (TPSA) is 23.8 Å². The Morgan fingerprint density at radius 1 is 1.21 bits per heavy atom. The molecule has 1 nitrogen and oxygen atoms in total. The van der Waals surface area contributed by atoms with E-state index < -0.39 is 0 Å². The van der Waals surface area contributed by atoms with Gasteiger partial charge < -0.3 is 0 Å². The van der Waals surface area contributed by atoms with Gasteiger partial charge in [0, 0.05) is 3.57 Å². The second-order valence-electron chi connectivity index (χ2n) is 3.12. The van der Waals surface area contributed by atoms with Crippen LogP contribution in [0.5, 0.6) is 0 Å². The third kappa shape index (κ3) is 1.73. The molecule has 0 bridgehead atoms. The average Bonchev–Trinajstić information content (AvgIpc) is 2.18. The van der Waals surface area contributed by atoms with Crippen LogP contribution in [0, 0.1) is 14.9 Å². The Labute approximate surface area is 96.5 Å². The van der Waals surface area contributed by atoms with E-state index in [0.717, 1.165) is 5.56 Å². The van der Waals surface area contributed by atoms with Crippen molar-refractivity contribution >= 4 is 33.4 Å². The Balaban J connectivity index is 2.70. The summed E-state index contributed by atoms with van der Waals surface area (Å²) in [6.07, 6.45) is 0.484. The molecule has 68 valence electrons. The Morgan fingerprint density at radius 2 is 2.07 bits per heavy atom. The lowest BCUT2D eigenvalue weighted by atomic mass is 10.0. The van der Waals surface area contributed by atoms with Gasteiger partial charge in [0.1, 0.15) is 0 Å². The molecule has 2 aromatic rings. The maximum absolute atomic E-state index is 8.68. The Morgan fingerprint density at radius 3 is 2.86 bits per heavy atom. The third-order valence-corrected chi connectivity index (χ3v) is 2.87. The summed E-state index contributed by atoms with van der Waals surface area (Å²) in [7, 11) is 0. The van der Waals surface area contributed by atoms with E-state index >= 15 is 0 Å². The molecule has 0 fully saturated rings. The number of fused-ring (bicyclic) bond motifs is 1. The van der Waals surface area contributed by atoms with E-state index in [1.54, 1.807) is 0 Å². The van der Waals surface area contributed by atoms with Crippen LogP contribution in [0.25, 0.3) is 10.8 Å². The van der Waals surface area contributed by atoms with Crippen molar-refractivity contribution in [1.82, 2.24) is 0 Å². The van der Waals surface area contributed by atoms with Gasteiger partial charge in [0.15, 0.2) is 0 Å². The molecule has 0 saturated carbocycles. The van der Waals surface area contributed by atoms with Crippen LogP contribution in [0.1, 0.15) is 5.56 Å². The molecule has 2 heteroatoms. The highest BCUT2D eigenvalue weighted by Crippen LogP contribution is 2.21. The lowest BCUT2D eigenvalue weighted by Gasteiger charge is -2.02. The van der Waals surface area contributed by atoms with E-state index in [0.29, 0.717) is 6.42 Å². The zero-order valence-corrected chi connectivity index (χ0v) is 9.65. The first-order valence-corrected chi connectivity index (χ1v) is 5.43. The van der Waals surface area contributed by atoms with Crippen molar-refractivity contribution in [3.8, 4) is 6.07 Å². The molecule has 2 aromatic carbocycles. The SMILES string of the molecule is N#CCc1cccc2cc(I)ccc12. The van der Waals surface area contributed by atoms with Crippen molar-refractivity contribution in [3.05, 3.63) is 45.5 Å². The predicted octanol–water partition coefficient (Wildman–Crippen LogP) is 3.51. The van der Waals surface area contributed by atoms with Crippen LogP contribution in [-0.2, 0) is 6.42 Å². The zero-order valence-electron chi connectivity index (χ0n) is 7.50. The largest absolute Gasteiger partial charge is 0.198 e. The standard InChI is InChI=1S/C12H8IN/c13-11-4-5-12-9(6-7-14)2-1-3-10(12)8-11/h1-5,8H,6H2. The number of rotatable bonds is 1. The van der Waals surface area contributed by atoms with Crippen molar-refractivity contribution in [2.24, 2.45) is 0 Å². The molecule has 0 aliphatic rings. The van der Waals surface area contributed by atoms with Crippen LogP contribution in [0.3, 0.4) is 0 Å². The van der Waals surface area contributed by atoms with Gasteiger partial charge >= 0.3 is 0 Å². The van der Waals surface area contributed by atoms with Gasteiger partial charge in [0.25, 0.3) is 0 Å². The summed E-state index contributed by atoms with van der Waals surface area (Å²) in [4.78, 5) is 0. The molecule has 0 N–H and O–H groups in total. The minimum absolute atomic E-state index is 0.484. The number of halogens is 1. The molecule has 0 saturated heterocycles. The van der Waals surface area contributed by atoms with Crippen molar-refractivity contribution in [1.29, 1.82) is 5.26 Å². The number of nitriles is 1. The van der Waals surface area contributed by atoms with E-state index in [1.807, 2.05) is 12.1 Å². The zero-order chi connectivity index (χ0) is 9.97. The van der Waals surface area contributed by atoms with Crippen LogP contribution in [0.2, 0.25) is 0 Å². The Kier molecular flexibility index (Phi) is 2.69. The molecule has 0 aliphatic heterocycles. The summed E-state index contributed by atoms with van der Waals surface area (Å²) in [6.45, 7) is 0. The predicted molar refractivity (Wildman–Crippen MR) is 66.0 cm³/mol. The summed E-state index contributed by atoms with van der Waals surface area (Å²) < 4.78 is 1.23. The first-order chi connectivity index (χ1) is 6.81. The second-order valence-corrected chi connectivity index (χ2v) is 4.36. The number of hydrogen-bond donors (Lipinski definition) is 0. The molecule has 0 amide bonds. The minimum atomic E-state index is 0.484. The number of hydrogen-bond acceptors (Lipinski definition) is 1. The van der Waals surface area contributed by atoms with E-state index in [2.05, 4.69) is 52.9 Å². The molecule has 0 aliphatic carbocycles. The molecule has 0 heterocycles. The highest BCUT2D eigenvalue weighted by molar-refractivity contribution is 14.1. The first-order valence-electron chi connectivity index (χ1n) is 4.35. The lowest BCUT2D eigenvalue weighted by Crippen LogP contribution is -1.84. The van der Waals surface area contributed by atoms with Crippen LogP contribution in [0.15, 0.2) is 36.4 Å². The van der Waals surface area contributed by atoms with Crippen LogP contribution >= 0.6 is 22.6 Å². The van der Waals surface area contributed by atoms with E-state index in [9.17, 15) is 0 Å². The monoisotopic (exact) mass is 293 g/mol. The number of benzene rings is 2. The molecule has 2 rings (SSSR count). The third-order valence-electron chi connectivity index (χ3n) is 2.20. The fourth-order valence-electron chi connectivity index (χ4n) is 1.56. The highest BCUT2D eigenvalue weighted by atomic mass is 127. The minimum Gasteiger partial charge on any atom is -0.198 e. The van der Waals surface area contributed by atoms with Gasteiger partial charge in [0.05, 0.1) is 12.5 Å². The molecule has 0 atom stereocenters. The Bertz CT molecular complexity index is 511. The van der Waals surface area contributed by atoms with Gasteiger partial charge in [0.2, 0.25) is 0 Å².